The molecule has 1 fully saturated rings. The highest BCUT2D eigenvalue weighted by Gasteiger charge is 2.16. The molecule has 124 valence electrons. The quantitative estimate of drug-likeness (QED) is 0.902. The van der Waals surface area contributed by atoms with Gasteiger partial charge in [0, 0.05) is 11.9 Å². The summed E-state index contributed by atoms with van der Waals surface area (Å²) in [6.45, 7) is 3.60. The first-order chi connectivity index (χ1) is 10.8. The van der Waals surface area contributed by atoms with Crippen molar-refractivity contribution in [1.29, 1.82) is 0 Å². The highest BCUT2D eigenvalue weighted by atomic mass is 35.5. The molecule has 5 heteroatoms. The van der Waals surface area contributed by atoms with Gasteiger partial charge in [-0.1, -0.05) is 36.8 Å². The molecule has 0 unspecified atom stereocenters. The Morgan fingerprint density at radius 3 is 2.57 bits per heavy atom. The molecule has 2 aromatic rings. The van der Waals surface area contributed by atoms with Crippen molar-refractivity contribution in [3.63, 3.8) is 0 Å². The van der Waals surface area contributed by atoms with Crippen LogP contribution in [0.1, 0.15) is 29.6 Å². The second-order valence-electron chi connectivity index (χ2n) is 5.72. The van der Waals surface area contributed by atoms with Crippen molar-refractivity contribution in [2.75, 3.05) is 26.2 Å². The van der Waals surface area contributed by atoms with Crippen LogP contribution in [-0.2, 0) is 0 Å². The van der Waals surface area contributed by atoms with Crippen LogP contribution in [0.15, 0.2) is 36.4 Å². The second kappa shape index (κ2) is 8.18. The summed E-state index contributed by atoms with van der Waals surface area (Å²) < 4.78 is 5.89. The highest BCUT2D eigenvalue weighted by molar-refractivity contribution is 6.00. The maximum atomic E-state index is 11.4. The van der Waals surface area contributed by atoms with Gasteiger partial charge in [-0.2, -0.15) is 0 Å². The molecule has 3 rings (SSSR count). The normalized spacial score (nSPS) is 15.1. The van der Waals surface area contributed by atoms with Gasteiger partial charge >= 0.3 is 5.97 Å². The van der Waals surface area contributed by atoms with Crippen molar-refractivity contribution in [2.24, 2.45) is 0 Å². The first-order valence-corrected chi connectivity index (χ1v) is 7.86. The molecule has 0 bridgehead atoms. The molecule has 0 atom stereocenters. The van der Waals surface area contributed by atoms with Crippen LogP contribution in [0.3, 0.4) is 0 Å². The van der Waals surface area contributed by atoms with Crippen LogP contribution < -0.4 is 4.74 Å². The predicted molar refractivity (Wildman–Crippen MR) is 93.9 cm³/mol. The van der Waals surface area contributed by atoms with Gasteiger partial charge in [-0.3, -0.25) is 4.90 Å². The zero-order valence-corrected chi connectivity index (χ0v) is 13.8. The molecule has 1 saturated heterocycles. The summed E-state index contributed by atoms with van der Waals surface area (Å²) in [6.07, 6.45) is 3.80. The summed E-state index contributed by atoms with van der Waals surface area (Å²) in [6, 6.07) is 11.2. The molecule has 0 aromatic heterocycles. The van der Waals surface area contributed by atoms with Crippen LogP contribution in [0.5, 0.6) is 5.75 Å². The fraction of sp³-hybridized carbons (Fsp3) is 0.389. The number of hydrogen-bond donors (Lipinski definition) is 1. The number of carboxylic acids is 1. The summed E-state index contributed by atoms with van der Waals surface area (Å²) in [4.78, 5) is 13.8. The lowest BCUT2D eigenvalue weighted by atomic mass is 10.1. The maximum absolute atomic E-state index is 11.4. The number of carbonyl (C=O) groups is 1. The van der Waals surface area contributed by atoms with Crippen molar-refractivity contribution in [3.8, 4) is 5.75 Å². The van der Waals surface area contributed by atoms with E-state index in [-0.39, 0.29) is 18.0 Å². The monoisotopic (exact) mass is 335 g/mol. The molecular formula is C18H22ClNO3. The van der Waals surface area contributed by atoms with Crippen LogP contribution in [-0.4, -0.2) is 42.2 Å². The van der Waals surface area contributed by atoms with E-state index < -0.39 is 5.97 Å². The van der Waals surface area contributed by atoms with E-state index in [2.05, 4.69) is 4.90 Å². The van der Waals surface area contributed by atoms with Crippen LogP contribution in [0.4, 0.5) is 0 Å². The van der Waals surface area contributed by atoms with Crippen molar-refractivity contribution in [1.82, 2.24) is 4.90 Å². The largest absolute Gasteiger partial charge is 0.491 e. The van der Waals surface area contributed by atoms with Gasteiger partial charge in [-0.05, 0) is 37.4 Å². The molecule has 0 amide bonds. The number of ether oxygens (including phenoxy) is 1. The second-order valence-corrected chi connectivity index (χ2v) is 5.72. The lowest BCUT2D eigenvalue weighted by Gasteiger charge is -2.26. The molecule has 0 spiro atoms. The molecule has 2 aromatic carbocycles. The van der Waals surface area contributed by atoms with E-state index >= 15 is 0 Å². The van der Waals surface area contributed by atoms with Crippen molar-refractivity contribution in [3.05, 3.63) is 42.0 Å². The predicted octanol–water partition coefficient (Wildman–Crippen LogP) is 3.82. The molecule has 0 radical (unpaired) electrons. The van der Waals surface area contributed by atoms with Gasteiger partial charge in [-0.15, -0.1) is 12.4 Å². The standard InChI is InChI=1S/C18H21NO3.ClH/c20-18(21)16-9-8-14-6-2-3-7-15(14)17(16)22-13-12-19-10-4-1-5-11-19;/h2-3,6-9H,1,4-5,10-13H2,(H,20,21);1H. The van der Waals surface area contributed by atoms with Crippen molar-refractivity contribution in [2.45, 2.75) is 19.3 Å². The molecule has 23 heavy (non-hydrogen) atoms. The third kappa shape index (κ3) is 4.15. The number of aromatic carboxylic acids is 1. The summed E-state index contributed by atoms with van der Waals surface area (Å²) in [5.74, 6) is -0.457. The Kier molecular flexibility index (Phi) is 6.25. The SMILES string of the molecule is Cl.O=C(O)c1ccc2ccccc2c1OCCN1CCCCC1. The van der Waals surface area contributed by atoms with Gasteiger partial charge in [-0.25, -0.2) is 4.79 Å². The van der Waals surface area contributed by atoms with Gasteiger partial charge in [0.25, 0.3) is 0 Å². The third-order valence-corrected chi connectivity index (χ3v) is 4.21. The molecule has 1 N–H and O–H groups in total. The molecular weight excluding hydrogens is 314 g/mol. The smallest absolute Gasteiger partial charge is 0.339 e. The molecule has 1 heterocycles. The molecule has 1 aliphatic rings. The Morgan fingerprint density at radius 1 is 1.09 bits per heavy atom. The Bertz CT molecular complexity index is 668. The van der Waals surface area contributed by atoms with Crippen LogP contribution in [0, 0.1) is 0 Å². The fourth-order valence-corrected chi connectivity index (χ4v) is 3.03. The summed E-state index contributed by atoms with van der Waals surface area (Å²) in [5.41, 5.74) is 0.234. The van der Waals surface area contributed by atoms with Crippen molar-refractivity contribution < 1.29 is 14.6 Å². The number of halogens is 1. The van der Waals surface area contributed by atoms with Gasteiger partial charge in [0.1, 0.15) is 17.9 Å². The van der Waals surface area contributed by atoms with E-state index in [4.69, 9.17) is 4.74 Å². The first-order valence-electron chi connectivity index (χ1n) is 7.86. The van der Waals surface area contributed by atoms with Crippen molar-refractivity contribution >= 4 is 29.1 Å². The maximum Gasteiger partial charge on any atom is 0.339 e. The Balaban J connectivity index is 0.00000192. The topological polar surface area (TPSA) is 49.8 Å². The number of carboxylic acid groups (broad SMARTS) is 1. The van der Waals surface area contributed by atoms with Gasteiger partial charge in [0.2, 0.25) is 0 Å². The van der Waals surface area contributed by atoms with Crippen LogP contribution in [0.2, 0.25) is 0 Å². The average Bonchev–Trinajstić information content (AvgIpc) is 2.55. The minimum atomic E-state index is -0.946. The van der Waals surface area contributed by atoms with E-state index in [9.17, 15) is 9.90 Å². The number of hydrogen-bond acceptors (Lipinski definition) is 3. The van der Waals surface area contributed by atoms with Gasteiger partial charge in [0.05, 0.1) is 0 Å². The Hall–Kier alpha value is -1.78. The zero-order valence-electron chi connectivity index (χ0n) is 13.0. The summed E-state index contributed by atoms with van der Waals surface area (Å²) >= 11 is 0. The number of likely N-dealkylation sites (tertiary alicyclic amines) is 1. The minimum absolute atomic E-state index is 0. The van der Waals surface area contributed by atoms with E-state index in [0.717, 1.165) is 30.4 Å². The first kappa shape index (κ1) is 17.6. The molecule has 0 saturated carbocycles. The third-order valence-electron chi connectivity index (χ3n) is 4.21. The number of piperidine rings is 1. The van der Waals surface area contributed by atoms with Crippen LogP contribution in [0.25, 0.3) is 10.8 Å². The fourth-order valence-electron chi connectivity index (χ4n) is 3.03. The zero-order chi connectivity index (χ0) is 15.4. The molecule has 4 nitrogen and oxygen atoms in total. The number of nitrogens with zero attached hydrogens (tertiary/aromatic N) is 1. The van der Waals surface area contributed by atoms with E-state index in [1.54, 1.807) is 6.07 Å². The number of fused-ring (bicyclic) bond motifs is 1. The number of benzene rings is 2. The molecule has 0 aliphatic carbocycles. The summed E-state index contributed by atoms with van der Waals surface area (Å²) in [5, 5.41) is 11.2. The lowest BCUT2D eigenvalue weighted by molar-refractivity contribution is 0.0692. The Labute approximate surface area is 142 Å². The Morgan fingerprint density at radius 2 is 1.83 bits per heavy atom. The summed E-state index contributed by atoms with van der Waals surface area (Å²) in [7, 11) is 0. The lowest BCUT2D eigenvalue weighted by Crippen LogP contribution is -2.33. The minimum Gasteiger partial charge on any atom is -0.491 e. The van der Waals surface area contributed by atoms with E-state index in [1.807, 2.05) is 30.3 Å². The average molecular weight is 336 g/mol. The van der Waals surface area contributed by atoms with E-state index in [0.29, 0.717) is 12.4 Å². The number of rotatable bonds is 5. The molecule has 1 aliphatic heterocycles. The highest BCUT2D eigenvalue weighted by Crippen LogP contribution is 2.30. The van der Waals surface area contributed by atoms with E-state index in [1.165, 1.54) is 19.3 Å². The van der Waals surface area contributed by atoms with Gasteiger partial charge < -0.3 is 9.84 Å². The van der Waals surface area contributed by atoms with Crippen LogP contribution >= 0.6 is 12.4 Å². The van der Waals surface area contributed by atoms with Gasteiger partial charge in [0.15, 0.2) is 0 Å².